The van der Waals surface area contributed by atoms with E-state index in [0.717, 1.165) is 6.42 Å². The minimum absolute atomic E-state index is 0.0815. The Labute approximate surface area is 190 Å². The average molecular weight is 446 g/mol. The fourth-order valence-corrected chi connectivity index (χ4v) is 4.09. The van der Waals surface area contributed by atoms with Crippen LogP contribution < -0.4 is 15.6 Å². The van der Waals surface area contributed by atoms with Crippen molar-refractivity contribution in [1.82, 2.24) is 9.55 Å². The molecule has 7 heteroatoms. The number of carbonyl (C=O) groups excluding carboxylic acids is 1. The molecule has 0 aliphatic rings. The third kappa shape index (κ3) is 5.00. The van der Waals surface area contributed by atoms with E-state index in [-0.39, 0.29) is 17.2 Å². The van der Waals surface area contributed by atoms with E-state index in [1.165, 1.54) is 11.8 Å². The molecular formula is C25H23N3O3S. The van der Waals surface area contributed by atoms with Gasteiger partial charge in [-0.15, -0.1) is 0 Å². The van der Waals surface area contributed by atoms with Crippen molar-refractivity contribution >= 4 is 34.3 Å². The number of carbonyl (C=O) groups is 1. The van der Waals surface area contributed by atoms with Crippen LogP contribution in [-0.4, -0.2) is 21.2 Å². The number of fused-ring (bicyclic) bond motifs is 1. The summed E-state index contributed by atoms with van der Waals surface area (Å²) in [7, 11) is 0. The number of hydrogen-bond acceptors (Lipinski definition) is 5. The number of nitrogens with one attached hydrogen (secondary N) is 1. The summed E-state index contributed by atoms with van der Waals surface area (Å²) in [5.41, 5.74) is 1.13. The monoisotopic (exact) mass is 445 g/mol. The van der Waals surface area contributed by atoms with Crippen molar-refractivity contribution in [1.29, 1.82) is 0 Å². The van der Waals surface area contributed by atoms with E-state index in [4.69, 9.17) is 4.74 Å². The molecule has 6 nitrogen and oxygen atoms in total. The molecule has 0 spiro atoms. The van der Waals surface area contributed by atoms with Gasteiger partial charge in [0, 0.05) is 6.54 Å². The molecule has 0 bridgehead atoms. The number of ether oxygens (including phenoxy) is 1. The maximum Gasteiger partial charge on any atom is 0.262 e. The van der Waals surface area contributed by atoms with Crippen molar-refractivity contribution in [3.05, 3.63) is 89.2 Å². The number of benzene rings is 3. The van der Waals surface area contributed by atoms with Crippen molar-refractivity contribution < 1.29 is 9.53 Å². The van der Waals surface area contributed by atoms with Gasteiger partial charge in [0.15, 0.2) is 10.9 Å². The van der Waals surface area contributed by atoms with Gasteiger partial charge >= 0.3 is 0 Å². The lowest BCUT2D eigenvalue weighted by Crippen LogP contribution is -2.24. The first-order valence-corrected chi connectivity index (χ1v) is 11.4. The summed E-state index contributed by atoms with van der Waals surface area (Å²) >= 11 is 1.25. The van der Waals surface area contributed by atoms with Crippen LogP contribution in [0.15, 0.2) is 88.8 Å². The Morgan fingerprint density at radius 2 is 1.72 bits per heavy atom. The molecule has 1 heterocycles. The largest absolute Gasteiger partial charge is 0.455 e. The van der Waals surface area contributed by atoms with Crippen molar-refractivity contribution in [3.8, 4) is 11.5 Å². The number of aromatic nitrogens is 2. The molecule has 0 aliphatic carbocycles. The molecular weight excluding hydrogens is 422 g/mol. The van der Waals surface area contributed by atoms with Gasteiger partial charge in [-0.05, 0) is 42.8 Å². The molecule has 1 amide bonds. The Hall–Kier alpha value is -3.58. The topological polar surface area (TPSA) is 73.2 Å². The van der Waals surface area contributed by atoms with Crippen molar-refractivity contribution in [3.63, 3.8) is 0 Å². The molecule has 4 rings (SSSR count). The van der Waals surface area contributed by atoms with E-state index < -0.39 is 0 Å². The first-order chi connectivity index (χ1) is 15.7. The van der Waals surface area contributed by atoms with Crippen LogP contribution in [0.3, 0.4) is 0 Å². The van der Waals surface area contributed by atoms with Crippen LogP contribution in [0.2, 0.25) is 0 Å². The fourth-order valence-electron chi connectivity index (χ4n) is 3.27. The van der Waals surface area contributed by atoms with E-state index in [1.54, 1.807) is 22.8 Å². The Morgan fingerprint density at radius 1 is 1.00 bits per heavy atom. The number of nitrogens with zero attached hydrogens (tertiary/aromatic N) is 2. The predicted molar refractivity (Wildman–Crippen MR) is 129 cm³/mol. The quantitative estimate of drug-likeness (QED) is 0.293. The maximum atomic E-state index is 12.9. The fraction of sp³-hybridized carbons (Fsp3) is 0.160. The van der Waals surface area contributed by atoms with Gasteiger partial charge in [-0.2, -0.15) is 0 Å². The van der Waals surface area contributed by atoms with Crippen molar-refractivity contribution in [2.24, 2.45) is 0 Å². The summed E-state index contributed by atoms with van der Waals surface area (Å²) in [6, 6.07) is 24.0. The van der Waals surface area contributed by atoms with Crippen LogP contribution in [0.4, 0.5) is 5.69 Å². The summed E-state index contributed by atoms with van der Waals surface area (Å²) < 4.78 is 7.55. The Morgan fingerprint density at radius 3 is 2.53 bits per heavy atom. The third-order valence-electron chi connectivity index (χ3n) is 4.74. The molecule has 32 heavy (non-hydrogen) atoms. The van der Waals surface area contributed by atoms with Crippen molar-refractivity contribution in [2.45, 2.75) is 25.0 Å². The lowest BCUT2D eigenvalue weighted by Gasteiger charge is -2.14. The highest BCUT2D eigenvalue weighted by molar-refractivity contribution is 7.99. The van der Waals surface area contributed by atoms with Gasteiger partial charge in [-0.1, -0.05) is 61.2 Å². The van der Waals surface area contributed by atoms with Gasteiger partial charge in [0.25, 0.3) is 5.56 Å². The summed E-state index contributed by atoms with van der Waals surface area (Å²) in [6.45, 7) is 2.56. The number of hydrogen-bond donors (Lipinski definition) is 1. The zero-order valence-electron chi connectivity index (χ0n) is 17.7. The van der Waals surface area contributed by atoms with Gasteiger partial charge in [0.2, 0.25) is 5.91 Å². The van der Waals surface area contributed by atoms with Crippen LogP contribution in [-0.2, 0) is 11.3 Å². The van der Waals surface area contributed by atoms with E-state index in [2.05, 4.69) is 10.3 Å². The van der Waals surface area contributed by atoms with Crippen LogP contribution in [0, 0.1) is 0 Å². The molecule has 0 atom stereocenters. The zero-order chi connectivity index (χ0) is 22.3. The normalized spacial score (nSPS) is 10.8. The summed E-state index contributed by atoms with van der Waals surface area (Å²) in [4.78, 5) is 30.2. The number of para-hydroxylation sites is 4. The van der Waals surface area contributed by atoms with Gasteiger partial charge in [0.05, 0.1) is 22.3 Å². The minimum Gasteiger partial charge on any atom is -0.455 e. The molecule has 1 N–H and O–H groups in total. The highest BCUT2D eigenvalue weighted by Crippen LogP contribution is 2.29. The summed E-state index contributed by atoms with van der Waals surface area (Å²) in [6.07, 6.45) is 0.796. The Kier molecular flexibility index (Phi) is 6.87. The third-order valence-corrected chi connectivity index (χ3v) is 5.71. The zero-order valence-corrected chi connectivity index (χ0v) is 18.5. The molecule has 0 radical (unpaired) electrons. The van der Waals surface area contributed by atoms with Gasteiger partial charge in [0.1, 0.15) is 5.75 Å². The summed E-state index contributed by atoms with van der Waals surface area (Å²) in [5, 5.41) is 4.03. The lowest BCUT2D eigenvalue weighted by atomic mass is 10.2. The van der Waals surface area contributed by atoms with Crippen molar-refractivity contribution in [2.75, 3.05) is 11.1 Å². The smallest absolute Gasteiger partial charge is 0.262 e. The van der Waals surface area contributed by atoms with E-state index in [0.29, 0.717) is 39.8 Å². The second kappa shape index (κ2) is 10.2. The standard InChI is InChI=1S/C25H23N3O3S/c1-2-16-28-24(30)19-12-6-7-13-20(19)27-25(28)32-17-23(29)26-21-14-8-9-15-22(21)31-18-10-4-3-5-11-18/h3-15H,2,16-17H2,1H3,(H,26,29). The van der Waals surface area contributed by atoms with Crippen LogP contribution >= 0.6 is 11.8 Å². The van der Waals surface area contributed by atoms with Crippen LogP contribution in [0.25, 0.3) is 10.9 Å². The molecule has 0 unspecified atom stereocenters. The van der Waals surface area contributed by atoms with Gasteiger partial charge in [-0.25, -0.2) is 4.98 Å². The van der Waals surface area contributed by atoms with Gasteiger partial charge in [-0.3, -0.25) is 14.2 Å². The maximum absolute atomic E-state index is 12.9. The van der Waals surface area contributed by atoms with Crippen LogP contribution in [0.5, 0.6) is 11.5 Å². The molecule has 162 valence electrons. The first kappa shape index (κ1) is 21.6. The minimum atomic E-state index is -0.204. The molecule has 1 aromatic heterocycles. The number of rotatable bonds is 8. The second-order valence-corrected chi connectivity index (χ2v) is 8.06. The Balaban J connectivity index is 1.50. The average Bonchev–Trinajstić information content (AvgIpc) is 2.82. The SMILES string of the molecule is CCCn1c(SCC(=O)Nc2ccccc2Oc2ccccc2)nc2ccccc2c1=O. The molecule has 0 saturated heterocycles. The Bertz CT molecular complexity index is 1290. The van der Waals surface area contributed by atoms with E-state index in [1.807, 2.05) is 67.6 Å². The highest BCUT2D eigenvalue weighted by atomic mass is 32.2. The molecule has 0 saturated carbocycles. The number of amides is 1. The highest BCUT2D eigenvalue weighted by Gasteiger charge is 2.14. The number of anilines is 1. The molecule has 3 aromatic carbocycles. The molecule has 0 aliphatic heterocycles. The van der Waals surface area contributed by atoms with E-state index in [9.17, 15) is 9.59 Å². The molecule has 0 fully saturated rings. The predicted octanol–water partition coefficient (Wildman–Crippen LogP) is 5.33. The van der Waals surface area contributed by atoms with Gasteiger partial charge < -0.3 is 10.1 Å². The first-order valence-electron chi connectivity index (χ1n) is 10.4. The lowest BCUT2D eigenvalue weighted by molar-refractivity contribution is -0.113. The number of thioether (sulfide) groups is 1. The van der Waals surface area contributed by atoms with E-state index >= 15 is 0 Å². The molecule has 4 aromatic rings. The summed E-state index contributed by atoms with van der Waals surface area (Å²) in [5.74, 6) is 1.16. The second-order valence-electron chi connectivity index (χ2n) is 7.12. The van der Waals surface area contributed by atoms with Crippen LogP contribution in [0.1, 0.15) is 13.3 Å².